The first-order chi connectivity index (χ1) is 14.8. The molecule has 0 aliphatic heterocycles. The van der Waals surface area contributed by atoms with Crippen molar-refractivity contribution in [1.82, 2.24) is 0 Å². The van der Waals surface area contributed by atoms with Crippen LogP contribution in [0.4, 0.5) is 83.4 Å². The van der Waals surface area contributed by atoms with Gasteiger partial charge in [-0.25, -0.2) is 4.79 Å². The molecule has 35 heavy (non-hydrogen) atoms. The lowest BCUT2D eigenvalue weighted by atomic mass is 9.79. The Bertz CT molecular complexity index is 847. The summed E-state index contributed by atoms with van der Waals surface area (Å²) in [7, 11) is 0. The number of alkyl halides is 19. The van der Waals surface area contributed by atoms with Gasteiger partial charge in [-0.1, -0.05) is 6.58 Å². The molecule has 0 aromatic rings. The molecule has 1 fully saturated rings. The summed E-state index contributed by atoms with van der Waals surface area (Å²) in [5.74, 6) is -91.5. The first-order valence-corrected chi connectivity index (χ1v) is 7.81. The van der Waals surface area contributed by atoms with Crippen LogP contribution in [0.25, 0.3) is 0 Å². The van der Waals surface area contributed by atoms with Gasteiger partial charge in [0.2, 0.25) is 0 Å². The second-order valence-corrected chi connectivity index (χ2v) is 6.93. The van der Waals surface area contributed by atoms with Crippen molar-refractivity contribution in [3.8, 4) is 0 Å². The smallest absolute Gasteiger partial charge is 0.391 e. The molecule has 0 bridgehead atoms. The Labute approximate surface area is 178 Å². The van der Waals surface area contributed by atoms with E-state index < -0.39 is 70.7 Å². The number of hydrogen-bond acceptors (Lipinski definition) is 2. The molecule has 0 heterocycles. The fraction of sp³-hybridized carbons (Fsp3) is 0.786. The Morgan fingerprint density at radius 2 is 0.629 bits per heavy atom. The highest BCUT2D eigenvalue weighted by Gasteiger charge is 3.03. The second kappa shape index (κ2) is 7.22. The van der Waals surface area contributed by atoms with Crippen molar-refractivity contribution < 1.29 is 92.9 Å². The maximum atomic E-state index is 14.6. The SMILES string of the molecule is C=C(C)C(=O)OC1(F)C(F)(F)C(F)(F)C(F)(F)C(F)(F)C(F)(F)C(F)(F)C(F)(F)C(F)(F)C1(F)F. The molecule has 1 saturated carbocycles. The van der Waals surface area contributed by atoms with Crippen LogP contribution in [0.1, 0.15) is 6.92 Å². The molecule has 0 aromatic carbocycles. The largest absolute Gasteiger partial charge is 0.413 e. The molecule has 0 spiro atoms. The van der Waals surface area contributed by atoms with Crippen LogP contribution < -0.4 is 0 Å². The van der Waals surface area contributed by atoms with E-state index in [0.717, 1.165) is 0 Å². The van der Waals surface area contributed by atoms with Gasteiger partial charge < -0.3 is 4.74 Å². The maximum Gasteiger partial charge on any atom is 0.391 e. The Morgan fingerprint density at radius 3 is 0.800 bits per heavy atom. The molecule has 0 N–H and O–H groups in total. The van der Waals surface area contributed by atoms with Gasteiger partial charge in [0.1, 0.15) is 0 Å². The van der Waals surface area contributed by atoms with Crippen molar-refractivity contribution in [2.24, 2.45) is 0 Å². The highest BCUT2D eigenvalue weighted by atomic mass is 19.4. The van der Waals surface area contributed by atoms with Crippen LogP contribution in [-0.2, 0) is 9.53 Å². The number of carbonyl (C=O) groups is 1. The maximum absolute atomic E-state index is 14.6. The summed E-state index contributed by atoms with van der Waals surface area (Å²) in [6.45, 7) is 2.36. The zero-order valence-corrected chi connectivity index (χ0v) is 15.7. The Kier molecular flexibility index (Phi) is 6.38. The molecule has 1 rings (SSSR count). The third-order valence-electron chi connectivity index (χ3n) is 4.54. The summed E-state index contributed by atoms with van der Waals surface area (Å²) in [6, 6.07) is 0. The van der Waals surface area contributed by atoms with Gasteiger partial charge in [0.15, 0.2) is 0 Å². The molecule has 0 unspecified atom stereocenters. The molecule has 206 valence electrons. The molecule has 2 nitrogen and oxygen atoms in total. The summed E-state index contributed by atoms with van der Waals surface area (Å²) in [5, 5.41) is 0. The van der Waals surface area contributed by atoms with E-state index in [1.807, 2.05) is 0 Å². The monoisotopic (exact) mass is 566 g/mol. The standard InChI is InChI=1S/C14H5F19O2/c1-3(2)4(34)35-14(33)12(29,30)10(25,26)8(21,22)6(17,18)5(15,16)7(19,20)9(23,24)11(27,28)13(14,31)32/h1H2,2H3. The van der Waals surface area contributed by atoms with Crippen molar-refractivity contribution in [3.05, 3.63) is 12.2 Å². The highest BCUT2D eigenvalue weighted by molar-refractivity contribution is 5.87. The van der Waals surface area contributed by atoms with E-state index in [2.05, 4.69) is 11.3 Å². The van der Waals surface area contributed by atoms with Crippen LogP contribution in [0, 0.1) is 0 Å². The topological polar surface area (TPSA) is 26.3 Å². The first kappa shape index (κ1) is 30.9. The van der Waals surface area contributed by atoms with Gasteiger partial charge in [0, 0.05) is 5.57 Å². The van der Waals surface area contributed by atoms with E-state index in [1.54, 1.807) is 0 Å². The van der Waals surface area contributed by atoms with E-state index in [0.29, 0.717) is 0 Å². The average Bonchev–Trinajstić information content (AvgIpc) is 2.65. The molecular formula is C14H5F19O2. The number of esters is 1. The van der Waals surface area contributed by atoms with Gasteiger partial charge in [0.05, 0.1) is 0 Å². The van der Waals surface area contributed by atoms with Crippen molar-refractivity contribution in [1.29, 1.82) is 0 Å². The van der Waals surface area contributed by atoms with Gasteiger partial charge in [0.25, 0.3) is 0 Å². The predicted octanol–water partition coefficient (Wildman–Crippen LogP) is 6.50. The third-order valence-corrected chi connectivity index (χ3v) is 4.54. The number of carbonyl (C=O) groups excluding carboxylic acids is 1. The fourth-order valence-corrected chi connectivity index (χ4v) is 2.32. The molecule has 0 radical (unpaired) electrons. The predicted molar refractivity (Wildman–Crippen MR) is 69.3 cm³/mol. The van der Waals surface area contributed by atoms with E-state index in [4.69, 9.17) is 0 Å². The molecule has 21 heteroatoms. The van der Waals surface area contributed by atoms with Crippen LogP contribution in [0.3, 0.4) is 0 Å². The molecule has 0 aromatic heterocycles. The van der Waals surface area contributed by atoms with Crippen molar-refractivity contribution in [2.75, 3.05) is 0 Å². The normalized spacial score (nSPS) is 30.5. The van der Waals surface area contributed by atoms with Crippen LogP contribution >= 0.6 is 0 Å². The lowest BCUT2D eigenvalue weighted by molar-refractivity contribution is -0.513. The summed E-state index contributed by atoms with van der Waals surface area (Å²) >= 11 is 0. The molecule has 0 saturated heterocycles. The minimum Gasteiger partial charge on any atom is -0.413 e. The zero-order valence-electron chi connectivity index (χ0n) is 15.7. The summed E-state index contributed by atoms with van der Waals surface area (Å²) in [5.41, 5.74) is -1.74. The minimum atomic E-state index is -8.93. The molecule has 0 atom stereocenters. The van der Waals surface area contributed by atoms with Gasteiger partial charge in [-0.3, -0.25) is 0 Å². The van der Waals surface area contributed by atoms with E-state index in [-0.39, 0.29) is 6.92 Å². The Morgan fingerprint density at radius 1 is 0.457 bits per heavy atom. The number of halogens is 19. The third kappa shape index (κ3) is 3.03. The number of rotatable bonds is 2. The molecule has 1 aliphatic carbocycles. The van der Waals surface area contributed by atoms with Crippen LogP contribution in [0.5, 0.6) is 0 Å². The lowest BCUT2D eigenvalue weighted by Gasteiger charge is -2.50. The summed E-state index contributed by atoms with van der Waals surface area (Å²) < 4.78 is 263. The Hall–Kier alpha value is -2.12. The average molecular weight is 566 g/mol. The van der Waals surface area contributed by atoms with Gasteiger partial charge in [-0.2, -0.15) is 83.4 Å². The molecule has 0 amide bonds. The highest BCUT2D eigenvalue weighted by Crippen LogP contribution is 2.70. The fourth-order valence-electron chi connectivity index (χ4n) is 2.32. The van der Waals surface area contributed by atoms with Crippen molar-refractivity contribution in [3.63, 3.8) is 0 Å². The van der Waals surface area contributed by atoms with Gasteiger partial charge in [-0.05, 0) is 6.92 Å². The van der Waals surface area contributed by atoms with Gasteiger partial charge in [-0.15, -0.1) is 0 Å². The first-order valence-electron chi connectivity index (χ1n) is 7.81. The van der Waals surface area contributed by atoms with Crippen LogP contribution in [0.15, 0.2) is 12.2 Å². The Balaban J connectivity index is 4.49. The molecule has 1 aliphatic rings. The molecular weight excluding hydrogens is 561 g/mol. The number of ether oxygens (including phenoxy) is 1. The zero-order chi connectivity index (χ0) is 28.9. The van der Waals surface area contributed by atoms with Gasteiger partial charge >= 0.3 is 65.1 Å². The van der Waals surface area contributed by atoms with Crippen molar-refractivity contribution >= 4 is 5.97 Å². The summed E-state index contributed by atoms with van der Waals surface area (Å²) in [6.07, 6.45) is 0. The minimum absolute atomic E-state index is 0.0878. The van der Waals surface area contributed by atoms with E-state index in [1.165, 1.54) is 0 Å². The quantitative estimate of drug-likeness (QED) is 0.217. The van der Waals surface area contributed by atoms with Crippen molar-refractivity contribution in [2.45, 2.75) is 66.1 Å². The van der Waals surface area contributed by atoms with E-state index >= 15 is 0 Å². The number of hydrogen-bond donors (Lipinski definition) is 0. The lowest BCUT2D eigenvalue weighted by Crippen LogP contribution is -2.83. The van der Waals surface area contributed by atoms with Crippen LogP contribution in [0.2, 0.25) is 0 Å². The van der Waals surface area contributed by atoms with E-state index in [9.17, 15) is 88.2 Å². The van der Waals surface area contributed by atoms with Crippen LogP contribution in [-0.4, -0.2) is 65.1 Å². The second-order valence-electron chi connectivity index (χ2n) is 6.93. The summed E-state index contributed by atoms with van der Waals surface area (Å²) in [4.78, 5) is 11.1.